The van der Waals surface area contributed by atoms with Crippen LogP contribution in [-0.2, 0) is 11.3 Å². The molecule has 3 N–H and O–H groups in total. The number of carbonyl (C=O) groups is 1. The highest BCUT2D eigenvalue weighted by molar-refractivity contribution is 5.99. The average molecular weight is 377 g/mol. The lowest BCUT2D eigenvalue weighted by molar-refractivity contribution is -0.00539. The molecule has 8 nitrogen and oxygen atoms in total. The Labute approximate surface area is 156 Å². The quantitative estimate of drug-likeness (QED) is 0.744. The number of hydrogen-bond acceptors (Lipinski definition) is 5. The molecule has 2 amide bonds. The smallest absolute Gasteiger partial charge is 0.323 e. The van der Waals surface area contributed by atoms with Crippen LogP contribution in [0.4, 0.5) is 26.2 Å². The number of amides is 2. The molecule has 1 aliphatic rings. The monoisotopic (exact) mass is 377 g/mol. The molecular weight excluding hydrogens is 353 g/mol. The highest BCUT2D eigenvalue weighted by atomic mass is 19.1. The van der Waals surface area contributed by atoms with Gasteiger partial charge in [-0.15, -0.1) is 0 Å². The number of nitrogens with one attached hydrogen (secondary N) is 2. The number of hydrogen-bond donors (Lipinski definition) is 3. The predicted octanol–water partition coefficient (Wildman–Crippen LogP) is 2.27. The van der Waals surface area contributed by atoms with E-state index in [0.717, 1.165) is 0 Å². The summed E-state index contributed by atoms with van der Waals surface area (Å²) in [4.78, 5) is 14.0. The van der Waals surface area contributed by atoms with E-state index in [9.17, 15) is 9.18 Å². The number of morpholine rings is 1. The number of benzene rings is 1. The second kappa shape index (κ2) is 8.36. The van der Waals surface area contributed by atoms with Crippen LogP contribution < -0.4 is 15.5 Å². The molecule has 1 aromatic carbocycles. The lowest BCUT2D eigenvalue weighted by Gasteiger charge is -2.37. The lowest BCUT2D eigenvalue weighted by Crippen LogP contribution is -2.45. The number of rotatable bonds is 5. The van der Waals surface area contributed by atoms with Gasteiger partial charge in [-0.25, -0.2) is 9.18 Å². The van der Waals surface area contributed by atoms with Gasteiger partial charge in [-0.1, -0.05) is 0 Å². The molecule has 0 unspecified atom stereocenters. The molecule has 1 aliphatic heterocycles. The number of ether oxygens (including phenoxy) is 1. The molecule has 0 radical (unpaired) electrons. The van der Waals surface area contributed by atoms with Crippen molar-refractivity contribution in [2.45, 2.75) is 32.6 Å². The third-order valence-corrected chi connectivity index (χ3v) is 4.19. The average Bonchev–Trinajstić information content (AvgIpc) is 3.01. The van der Waals surface area contributed by atoms with E-state index < -0.39 is 11.8 Å². The van der Waals surface area contributed by atoms with Gasteiger partial charge in [0.25, 0.3) is 0 Å². The number of carbonyl (C=O) groups excluding carboxylic acids is 1. The van der Waals surface area contributed by atoms with E-state index in [4.69, 9.17) is 9.84 Å². The number of nitrogens with zero attached hydrogens (tertiary/aromatic N) is 3. The van der Waals surface area contributed by atoms with E-state index in [0.29, 0.717) is 36.7 Å². The Balaban J connectivity index is 1.62. The first kappa shape index (κ1) is 19.1. The molecule has 0 bridgehead atoms. The van der Waals surface area contributed by atoms with Crippen molar-refractivity contribution in [3.05, 3.63) is 36.4 Å². The molecule has 0 spiro atoms. The molecule has 3 rings (SSSR count). The van der Waals surface area contributed by atoms with Crippen molar-refractivity contribution in [2.75, 3.05) is 35.2 Å². The van der Waals surface area contributed by atoms with Crippen molar-refractivity contribution in [2.24, 2.45) is 0 Å². The molecule has 146 valence electrons. The Morgan fingerprint density at radius 2 is 2.00 bits per heavy atom. The van der Waals surface area contributed by atoms with Gasteiger partial charge < -0.3 is 25.4 Å². The topological polar surface area (TPSA) is 91.7 Å². The van der Waals surface area contributed by atoms with E-state index in [1.807, 2.05) is 18.7 Å². The van der Waals surface area contributed by atoms with Gasteiger partial charge in [0.05, 0.1) is 42.9 Å². The van der Waals surface area contributed by atoms with Gasteiger partial charge in [0.1, 0.15) is 5.82 Å². The molecular formula is C18H24FN5O3. The van der Waals surface area contributed by atoms with Gasteiger partial charge in [-0.2, -0.15) is 5.10 Å². The first-order valence-corrected chi connectivity index (χ1v) is 8.86. The fourth-order valence-electron chi connectivity index (χ4n) is 3.16. The van der Waals surface area contributed by atoms with Crippen molar-refractivity contribution < 1.29 is 19.0 Å². The van der Waals surface area contributed by atoms with Gasteiger partial charge in [0, 0.05) is 25.0 Å². The van der Waals surface area contributed by atoms with Crippen LogP contribution in [0.3, 0.4) is 0 Å². The van der Waals surface area contributed by atoms with Crippen LogP contribution in [0.1, 0.15) is 13.8 Å². The van der Waals surface area contributed by atoms with Crippen molar-refractivity contribution in [1.82, 2.24) is 9.78 Å². The number of urea groups is 1. The van der Waals surface area contributed by atoms with Crippen molar-refractivity contribution in [1.29, 1.82) is 0 Å². The minimum absolute atomic E-state index is 0.0310. The summed E-state index contributed by atoms with van der Waals surface area (Å²) in [5.74, 6) is -0.398. The van der Waals surface area contributed by atoms with Gasteiger partial charge in [-0.05, 0) is 32.0 Å². The molecule has 9 heteroatoms. The molecule has 2 aromatic rings. The summed E-state index contributed by atoms with van der Waals surface area (Å²) >= 11 is 0. The summed E-state index contributed by atoms with van der Waals surface area (Å²) < 4.78 is 21.7. The second-order valence-corrected chi connectivity index (χ2v) is 6.62. The third-order valence-electron chi connectivity index (χ3n) is 4.19. The standard InChI is InChI=1S/C18H24FN5O3/c1-12-9-23(10-13(2)27-12)17-4-3-14(7-16(17)19)21-18(26)22-15-8-20-24(11-15)5-6-25/h3-4,7-8,11-13,25H,5-6,9-10H2,1-2H3,(H2,21,22,26)/t12-,13-/m0/s1. The molecule has 1 fully saturated rings. The molecule has 1 aromatic heterocycles. The Kier molecular flexibility index (Phi) is 5.92. The van der Waals surface area contributed by atoms with Gasteiger partial charge >= 0.3 is 6.03 Å². The Hall–Kier alpha value is -2.65. The van der Waals surface area contributed by atoms with E-state index >= 15 is 0 Å². The van der Waals surface area contributed by atoms with Crippen molar-refractivity contribution in [3.63, 3.8) is 0 Å². The highest BCUT2D eigenvalue weighted by Gasteiger charge is 2.24. The van der Waals surface area contributed by atoms with Crippen molar-refractivity contribution >= 4 is 23.1 Å². The zero-order chi connectivity index (χ0) is 19.4. The maximum Gasteiger partial charge on any atom is 0.323 e. The third kappa shape index (κ3) is 4.95. The Morgan fingerprint density at radius 1 is 1.30 bits per heavy atom. The fourth-order valence-corrected chi connectivity index (χ4v) is 3.16. The zero-order valence-electron chi connectivity index (χ0n) is 15.4. The number of anilines is 3. The van der Waals surface area contributed by atoms with E-state index in [1.54, 1.807) is 18.3 Å². The van der Waals surface area contributed by atoms with Crippen LogP contribution in [0, 0.1) is 5.82 Å². The van der Waals surface area contributed by atoms with Crippen LogP contribution in [-0.4, -0.2) is 52.8 Å². The number of aliphatic hydroxyl groups excluding tert-OH is 1. The van der Waals surface area contributed by atoms with Crippen molar-refractivity contribution in [3.8, 4) is 0 Å². The van der Waals surface area contributed by atoms with E-state index in [-0.39, 0.29) is 18.8 Å². The summed E-state index contributed by atoms with van der Waals surface area (Å²) in [6.07, 6.45) is 3.13. The SMILES string of the molecule is C[C@H]1CN(c2ccc(NC(=O)Nc3cnn(CCO)c3)cc2F)C[C@H](C)O1. The molecule has 0 saturated carbocycles. The molecule has 2 atom stereocenters. The predicted molar refractivity (Wildman–Crippen MR) is 101 cm³/mol. The zero-order valence-corrected chi connectivity index (χ0v) is 15.4. The van der Waals surface area contributed by atoms with Crippen LogP contribution >= 0.6 is 0 Å². The summed E-state index contributed by atoms with van der Waals surface area (Å²) in [6, 6.07) is 4.13. The summed E-state index contributed by atoms with van der Waals surface area (Å²) in [6.45, 7) is 5.46. The minimum Gasteiger partial charge on any atom is -0.394 e. The maximum absolute atomic E-state index is 14.6. The lowest BCUT2D eigenvalue weighted by atomic mass is 10.2. The van der Waals surface area contributed by atoms with Gasteiger partial charge in [-0.3, -0.25) is 4.68 Å². The first-order chi connectivity index (χ1) is 12.9. The molecule has 0 aliphatic carbocycles. The number of aliphatic hydroxyl groups is 1. The van der Waals surface area contributed by atoms with Crippen LogP contribution in [0.15, 0.2) is 30.6 Å². The Morgan fingerprint density at radius 3 is 2.67 bits per heavy atom. The molecule has 2 heterocycles. The summed E-state index contributed by atoms with van der Waals surface area (Å²) in [5.41, 5.74) is 1.33. The number of aromatic nitrogens is 2. The largest absolute Gasteiger partial charge is 0.394 e. The highest BCUT2D eigenvalue weighted by Crippen LogP contribution is 2.26. The maximum atomic E-state index is 14.6. The Bertz CT molecular complexity index is 787. The van der Waals surface area contributed by atoms with Crippen LogP contribution in [0.25, 0.3) is 0 Å². The number of halogens is 1. The second-order valence-electron chi connectivity index (χ2n) is 6.62. The van der Waals surface area contributed by atoms with Crippen LogP contribution in [0.2, 0.25) is 0 Å². The first-order valence-electron chi connectivity index (χ1n) is 8.86. The fraction of sp³-hybridized carbons (Fsp3) is 0.444. The van der Waals surface area contributed by atoms with E-state index in [2.05, 4.69) is 15.7 Å². The minimum atomic E-state index is -0.501. The van der Waals surface area contributed by atoms with Gasteiger partial charge in [0.2, 0.25) is 0 Å². The summed E-state index contributed by atoms with van der Waals surface area (Å²) in [5, 5.41) is 18.1. The normalized spacial score (nSPS) is 19.8. The summed E-state index contributed by atoms with van der Waals surface area (Å²) in [7, 11) is 0. The van der Waals surface area contributed by atoms with Crippen LogP contribution in [0.5, 0.6) is 0 Å². The molecule has 27 heavy (non-hydrogen) atoms. The van der Waals surface area contributed by atoms with Gasteiger partial charge in [0.15, 0.2) is 0 Å². The molecule has 1 saturated heterocycles. The van der Waals surface area contributed by atoms with E-state index in [1.165, 1.54) is 16.9 Å².